The van der Waals surface area contributed by atoms with Crippen LogP contribution >= 0.6 is 0 Å². The van der Waals surface area contributed by atoms with E-state index in [1.807, 2.05) is 49.9 Å². The lowest BCUT2D eigenvalue weighted by Crippen LogP contribution is -2.64. The zero-order valence-electron chi connectivity index (χ0n) is 18.5. The fourth-order valence-corrected chi connectivity index (χ4v) is 4.31. The topological polar surface area (TPSA) is 85.8 Å². The Labute approximate surface area is 181 Å². The van der Waals surface area contributed by atoms with Gasteiger partial charge in [0.2, 0.25) is 5.96 Å². The molecule has 4 rings (SSSR count). The first-order valence-electron chi connectivity index (χ1n) is 10.4. The van der Waals surface area contributed by atoms with Gasteiger partial charge in [-0.2, -0.15) is 0 Å². The zero-order valence-corrected chi connectivity index (χ0v) is 18.5. The maximum absolute atomic E-state index is 13.5. The van der Waals surface area contributed by atoms with Gasteiger partial charge in [-0.1, -0.05) is 24.3 Å². The van der Waals surface area contributed by atoms with Crippen molar-refractivity contribution in [2.24, 2.45) is 4.99 Å². The number of amides is 3. The van der Waals surface area contributed by atoms with Crippen molar-refractivity contribution >= 4 is 23.9 Å². The lowest BCUT2D eigenvalue weighted by atomic mass is 10.1. The number of likely N-dealkylation sites (N-methyl/N-ethyl adjacent to an activating group) is 1. The predicted molar refractivity (Wildman–Crippen MR) is 113 cm³/mol. The first-order valence-corrected chi connectivity index (χ1v) is 10.4. The molecule has 3 heterocycles. The third-order valence-corrected chi connectivity index (χ3v) is 6.19. The average molecular weight is 425 g/mol. The van der Waals surface area contributed by atoms with Crippen molar-refractivity contribution in [3.8, 4) is 0 Å². The van der Waals surface area contributed by atoms with E-state index in [0.717, 1.165) is 22.5 Å². The first-order chi connectivity index (χ1) is 14.8. The molecule has 3 aliphatic heterocycles. The Morgan fingerprint density at radius 1 is 1.10 bits per heavy atom. The van der Waals surface area contributed by atoms with Gasteiger partial charge in [0.05, 0.1) is 13.2 Å². The van der Waals surface area contributed by atoms with Gasteiger partial charge in [0.15, 0.2) is 12.2 Å². The van der Waals surface area contributed by atoms with Gasteiger partial charge < -0.3 is 14.5 Å². The van der Waals surface area contributed by atoms with Gasteiger partial charge in [-0.3, -0.25) is 19.4 Å². The van der Waals surface area contributed by atoms with Crippen LogP contribution in [-0.2, 0) is 20.9 Å². The van der Waals surface area contributed by atoms with Crippen molar-refractivity contribution in [2.75, 3.05) is 20.2 Å². The molecule has 0 radical (unpaired) electrons. The summed E-state index contributed by atoms with van der Waals surface area (Å²) in [6.45, 7) is 8.00. The number of rotatable bonds is 5. The van der Waals surface area contributed by atoms with Crippen molar-refractivity contribution in [3.05, 3.63) is 46.8 Å². The van der Waals surface area contributed by atoms with Crippen LogP contribution in [0, 0.1) is 6.92 Å². The summed E-state index contributed by atoms with van der Waals surface area (Å²) in [7, 11) is 1.66. The average Bonchev–Trinajstić information content (AvgIpc) is 3.23. The standard InChI is InChI=1S/C22H27N5O4/c1-6-31-17(28)12-25-14(3)15(4)27-18-19(23-21(25)27)24(5)22(30)26(20(18)29)11-16-10-8-7-9-13(16)2/h7-10,18-19H,6,11-12H2,1-5H3. The van der Waals surface area contributed by atoms with Gasteiger partial charge in [0.25, 0.3) is 5.91 Å². The smallest absolute Gasteiger partial charge is 0.328 e. The van der Waals surface area contributed by atoms with Gasteiger partial charge >= 0.3 is 12.0 Å². The molecule has 1 aromatic carbocycles. The molecule has 2 atom stereocenters. The molecule has 1 fully saturated rings. The molecular weight excluding hydrogens is 398 g/mol. The summed E-state index contributed by atoms with van der Waals surface area (Å²) in [5.41, 5.74) is 3.61. The van der Waals surface area contributed by atoms with E-state index < -0.39 is 12.2 Å². The Morgan fingerprint density at radius 3 is 2.48 bits per heavy atom. The number of carbonyl (C=O) groups is 3. The number of fused-ring (bicyclic) bond motifs is 3. The highest BCUT2D eigenvalue weighted by molar-refractivity contribution is 6.05. The maximum Gasteiger partial charge on any atom is 0.328 e. The largest absolute Gasteiger partial charge is 0.465 e. The molecule has 0 aliphatic carbocycles. The Balaban J connectivity index is 1.65. The second-order valence-corrected chi connectivity index (χ2v) is 7.96. The van der Waals surface area contributed by atoms with Gasteiger partial charge in [-0.05, 0) is 38.8 Å². The summed E-state index contributed by atoms with van der Waals surface area (Å²) in [6.07, 6.45) is -0.643. The number of imide groups is 1. The third kappa shape index (κ3) is 3.24. The van der Waals surface area contributed by atoms with Crippen LogP contribution in [-0.4, -0.2) is 75.9 Å². The van der Waals surface area contributed by atoms with Gasteiger partial charge in [0, 0.05) is 18.4 Å². The summed E-state index contributed by atoms with van der Waals surface area (Å²) in [5.74, 6) is -0.157. The summed E-state index contributed by atoms with van der Waals surface area (Å²) >= 11 is 0. The lowest BCUT2D eigenvalue weighted by Gasteiger charge is -2.41. The Hall–Kier alpha value is -3.36. The second kappa shape index (κ2) is 7.72. The second-order valence-electron chi connectivity index (χ2n) is 7.96. The summed E-state index contributed by atoms with van der Waals surface area (Å²) in [4.78, 5) is 49.8. The summed E-state index contributed by atoms with van der Waals surface area (Å²) in [5, 5.41) is 0. The fourth-order valence-electron chi connectivity index (χ4n) is 4.31. The van der Waals surface area contributed by atoms with E-state index in [0.29, 0.717) is 12.6 Å². The molecule has 0 saturated carbocycles. The van der Waals surface area contributed by atoms with E-state index in [9.17, 15) is 14.4 Å². The number of urea groups is 1. The van der Waals surface area contributed by atoms with E-state index in [2.05, 4.69) is 4.99 Å². The number of guanidine groups is 1. The monoisotopic (exact) mass is 425 g/mol. The number of nitrogens with zero attached hydrogens (tertiary/aromatic N) is 5. The zero-order chi connectivity index (χ0) is 22.4. The number of aryl methyl sites for hydroxylation is 1. The van der Waals surface area contributed by atoms with E-state index in [1.54, 1.807) is 18.9 Å². The molecule has 1 aromatic rings. The predicted octanol–water partition coefficient (Wildman–Crippen LogP) is 1.89. The van der Waals surface area contributed by atoms with Crippen LogP contribution in [0.15, 0.2) is 40.7 Å². The molecule has 1 saturated heterocycles. The van der Waals surface area contributed by atoms with E-state index in [4.69, 9.17) is 4.74 Å². The highest BCUT2D eigenvalue weighted by atomic mass is 16.5. The van der Waals surface area contributed by atoms with Crippen LogP contribution in [0.5, 0.6) is 0 Å². The van der Waals surface area contributed by atoms with E-state index in [-0.39, 0.29) is 31.0 Å². The highest BCUT2D eigenvalue weighted by Gasteiger charge is 2.55. The minimum atomic E-state index is -0.663. The SMILES string of the molecule is CCOC(=O)CN1C2=NC3C(C(=O)N(Cc4ccccc4C)C(=O)N3C)N2C(C)=C1C. The molecule has 31 heavy (non-hydrogen) atoms. The molecule has 3 aliphatic rings. The minimum Gasteiger partial charge on any atom is -0.465 e. The number of ether oxygens (including phenoxy) is 1. The molecule has 0 bridgehead atoms. The molecule has 164 valence electrons. The van der Waals surface area contributed by atoms with Crippen LogP contribution < -0.4 is 0 Å². The molecular formula is C22H27N5O4. The summed E-state index contributed by atoms with van der Waals surface area (Å²) in [6, 6.07) is 6.66. The minimum absolute atomic E-state index is 0.00453. The van der Waals surface area contributed by atoms with Crippen LogP contribution in [0.25, 0.3) is 0 Å². The molecule has 9 heteroatoms. The lowest BCUT2D eigenvalue weighted by molar-refractivity contribution is -0.143. The van der Waals surface area contributed by atoms with Gasteiger partial charge in [-0.15, -0.1) is 0 Å². The van der Waals surface area contributed by atoms with Crippen molar-refractivity contribution in [1.29, 1.82) is 0 Å². The summed E-state index contributed by atoms with van der Waals surface area (Å²) < 4.78 is 5.09. The van der Waals surface area contributed by atoms with Crippen molar-refractivity contribution < 1.29 is 19.1 Å². The van der Waals surface area contributed by atoms with Crippen LogP contribution in [0.4, 0.5) is 4.79 Å². The molecule has 9 nitrogen and oxygen atoms in total. The van der Waals surface area contributed by atoms with Crippen molar-refractivity contribution in [3.63, 3.8) is 0 Å². The third-order valence-electron chi connectivity index (χ3n) is 6.19. The number of benzene rings is 1. The van der Waals surface area contributed by atoms with Crippen LogP contribution in [0.1, 0.15) is 31.9 Å². The molecule has 0 aromatic heterocycles. The fraction of sp³-hybridized carbons (Fsp3) is 0.455. The van der Waals surface area contributed by atoms with E-state index >= 15 is 0 Å². The molecule has 0 spiro atoms. The number of hydrogen-bond donors (Lipinski definition) is 0. The number of aliphatic imine (C=N–C) groups is 1. The maximum atomic E-state index is 13.5. The number of carbonyl (C=O) groups excluding carboxylic acids is 3. The van der Waals surface area contributed by atoms with Crippen molar-refractivity contribution in [1.82, 2.24) is 19.6 Å². The number of hydrogen-bond acceptors (Lipinski definition) is 7. The Kier molecular flexibility index (Phi) is 5.20. The Bertz CT molecular complexity index is 1020. The normalized spacial score (nSPS) is 22.8. The number of allylic oxidation sites excluding steroid dienone is 2. The van der Waals surface area contributed by atoms with E-state index in [1.165, 1.54) is 9.80 Å². The van der Waals surface area contributed by atoms with Gasteiger partial charge in [0.1, 0.15) is 6.54 Å². The Morgan fingerprint density at radius 2 is 1.81 bits per heavy atom. The molecule has 3 amide bonds. The van der Waals surface area contributed by atoms with Gasteiger partial charge in [-0.25, -0.2) is 9.79 Å². The number of esters is 1. The van der Waals surface area contributed by atoms with Crippen LogP contribution in [0.3, 0.4) is 0 Å². The molecule has 2 unspecified atom stereocenters. The van der Waals surface area contributed by atoms with Crippen LogP contribution in [0.2, 0.25) is 0 Å². The molecule has 0 N–H and O–H groups in total. The quantitative estimate of drug-likeness (QED) is 0.670. The first kappa shape index (κ1) is 20.9. The highest BCUT2D eigenvalue weighted by Crippen LogP contribution is 2.38. The van der Waals surface area contributed by atoms with Crippen molar-refractivity contribution in [2.45, 2.75) is 46.4 Å².